The molecule has 1 heterocycles. The number of nitrogens with one attached hydrogen (secondary N) is 1. The van der Waals surface area contributed by atoms with Crippen LogP contribution in [-0.4, -0.2) is 31.7 Å². The van der Waals surface area contributed by atoms with E-state index in [0.29, 0.717) is 6.54 Å². The highest BCUT2D eigenvalue weighted by atomic mass is 16.5. The van der Waals surface area contributed by atoms with Gasteiger partial charge in [-0.25, -0.2) is 0 Å². The van der Waals surface area contributed by atoms with Crippen LogP contribution in [0, 0.1) is 11.3 Å². The molecule has 1 saturated carbocycles. The predicted molar refractivity (Wildman–Crippen MR) is 75.7 cm³/mol. The molecule has 1 saturated heterocycles. The fourth-order valence-corrected chi connectivity index (χ4v) is 3.51. The van der Waals surface area contributed by atoms with Crippen molar-refractivity contribution in [3.05, 3.63) is 0 Å². The first-order valence-corrected chi connectivity index (χ1v) is 7.80. The SMILES string of the molecule is CCC1OCCC1C(=O)NCC1(CN)CCCCC1. The third-order valence-electron chi connectivity index (χ3n) is 4.93. The van der Waals surface area contributed by atoms with E-state index in [1.807, 2.05) is 0 Å². The van der Waals surface area contributed by atoms with Gasteiger partial charge in [0.05, 0.1) is 12.0 Å². The lowest BCUT2D eigenvalue weighted by atomic mass is 9.74. The van der Waals surface area contributed by atoms with Crippen molar-refractivity contribution in [3.63, 3.8) is 0 Å². The summed E-state index contributed by atoms with van der Waals surface area (Å²) in [5.41, 5.74) is 6.10. The standard InChI is InChI=1S/C15H28N2O2/c1-2-13-12(6-9-19-13)14(18)17-11-15(10-16)7-4-3-5-8-15/h12-13H,2-11,16H2,1H3,(H,17,18). The summed E-state index contributed by atoms with van der Waals surface area (Å²) in [4.78, 5) is 12.3. The Hall–Kier alpha value is -0.610. The molecule has 0 aromatic carbocycles. The molecular formula is C15H28N2O2. The van der Waals surface area contributed by atoms with Crippen LogP contribution in [0.5, 0.6) is 0 Å². The van der Waals surface area contributed by atoms with Crippen LogP contribution in [0.15, 0.2) is 0 Å². The van der Waals surface area contributed by atoms with E-state index in [2.05, 4.69) is 12.2 Å². The molecule has 4 heteroatoms. The summed E-state index contributed by atoms with van der Waals surface area (Å²) in [5.74, 6) is 0.214. The third-order valence-corrected chi connectivity index (χ3v) is 4.93. The summed E-state index contributed by atoms with van der Waals surface area (Å²) < 4.78 is 5.59. The van der Waals surface area contributed by atoms with Gasteiger partial charge in [0.25, 0.3) is 0 Å². The zero-order chi connectivity index (χ0) is 13.7. The largest absolute Gasteiger partial charge is 0.377 e. The first-order valence-electron chi connectivity index (χ1n) is 7.80. The van der Waals surface area contributed by atoms with E-state index in [0.717, 1.165) is 38.8 Å². The van der Waals surface area contributed by atoms with Crippen molar-refractivity contribution in [1.29, 1.82) is 0 Å². The number of hydrogen-bond donors (Lipinski definition) is 2. The minimum atomic E-state index is 0.0448. The Kier molecular flexibility index (Phi) is 5.22. The van der Waals surface area contributed by atoms with Crippen LogP contribution in [0.4, 0.5) is 0 Å². The Balaban J connectivity index is 1.85. The van der Waals surface area contributed by atoms with Gasteiger partial charge in [-0.3, -0.25) is 4.79 Å². The second-order valence-electron chi connectivity index (χ2n) is 6.20. The smallest absolute Gasteiger partial charge is 0.225 e. The molecule has 0 radical (unpaired) electrons. The molecule has 2 atom stereocenters. The van der Waals surface area contributed by atoms with Crippen LogP contribution in [0.3, 0.4) is 0 Å². The normalized spacial score (nSPS) is 30.2. The van der Waals surface area contributed by atoms with Crippen LogP contribution < -0.4 is 11.1 Å². The Labute approximate surface area is 116 Å². The van der Waals surface area contributed by atoms with Crippen LogP contribution in [-0.2, 0) is 9.53 Å². The van der Waals surface area contributed by atoms with E-state index in [9.17, 15) is 4.79 Å². The highest BCUT2D eigenvalue weighted by molar-refractivity contribution is 5.79. The van der Waals surface area contributed by atoms with Crippen molar-refractivity contribution >= 4 is 5.91 Å². The highest BCUT2D eigenvalue weighted by Gasteiger charge is 2.35. The predicted octanol–water partition coefficient (Wildman–Crippen LogP) is 1.83. The van der Waals surface area contributed by atoms with Crippen molar-refractivity contribution in [3.8, 4) is 0 Å². The fraction of sp³-hybridized carbons (Fsp3) is 0.933. The summed E-state index contributed by atoms with van der Waals surface area (Å²) >= 11 is 0. The van der Waals surface area contributed by atoms with Gasteiger partial charge in [-0.2, -0.15) is 0 Å². The zero-order valence-electron chi connectivity index (χ0n) is 12.1. The molecule has 4 nitrogen and oxygen atoms in total. The second-order valence-corrected chi connectivity index (χ2v) is 6.20. The fourth-order valence-electron chi connectivity index (χ4n) is 3.51. The Morgan fingerprint density at radius 3 is 2.74 bits per heavy atom. The van der Waals surface area contributed by atoms with Gasteiger partial charge < -0.3 is 15.8 Å². The van der Waals surface area contributed by atoms with Crippen LogP contribution in [0.1, 0.15) is 51.9 Å². The molecule has 110 valence electrons. The number of carbonyl (C=O) groups excluding carboxylic acids is 1. The van der Waals surface area contributed by atoms with Gasteiger partial charge in [0.15, 0.2) is 0 Å². The van der Waals surface area contributed by atoms with Crippen LogP contribution in [0.2, 0.25) is 0 Å². The molecular weight excluding hydrogens is 240 g/mol. The van der Waals surface area contributed by atoms with Crippen molar-refractivity contribution in [2.75, 3.05) is 19.7 Å². The molecule has 1 aliphatic carbocycles. The minimum absolute atomic E-state index is 0.0448. The Morgan fingerprint density at radius 2 is 2.11 bits per heavy atom. The van der Waals surface area contributed by atoms with E-state index in [1.165, 1.54) is 19.3 Å². The summed E-state index contributed by atoms with van der Waals surface area (Å²) in [6.07, 6.45) is 8.00. The quantitative estimate of drug-likeness (QED) is 0.799. The van der Waals surface area contributed by atoms with E-state index < -0.39 is 0 Å². The molecule has 0 aromatic rings. The summed E-state index contributed by atoms with van der Waals surface area (Å²) in [5, 5.41) is 3.15. The van der Waals surface area contributed by atoms with E-state index in [1.54, 1.807) is 0 Å². The molecule has 2 fully saturated rings. The monoisotopic (exact) mass is 268 g/mol. The average molecular weight is 268 g/mol. The topological polar surface area (TPSA) is 64.3 Å². The first kappa shape index (κ1) is 14.8. The zero-order valence-corrected chi connectivity index (χ0v) is 12.1. The van der Waals surface area contributed by atoms with Gasteiger partial charge in [0.2, 0.25) is 5.91 Å². The number of hydrogen-bond acceptors (Lipinski definition) is 3. The summed E-state index contributed by atoms with van der Waals surface area (Å²) in [6, 6.07) is 0. The number of nitrogens with two attached hydrogens (primary N) is 1. The third kappa shape index (κ3) is 3.48. The van der Waals surface area contributed by atoms with E-state index in [-0.39, 0.29) is 23.3 Å². The number of rotatable bonds is 5. The molecule has 2 aliphatic rings. The lowest BCUT2D eigenvalue weighted by Gasteiger charge is -2.36. The molecule has 0 bridgehead atoms. The molecule has 19 heavy (non-hydrogen) atoms. The molecule has 1 amide bonds. The first-order chi connectivity index (χ1) is 9.21. The maximum absolute atomic E-state index is 12.3. The van der Waals surface area contributed by atoms with Crippen molar-refractivity contribution in [2.45, 2.75) is 58.0 Å². The average Bonchev–Trinajstić information content (AvgIpc) is 2.94. The summed E-state index contributed by atoms with van der Waals surface area (Å²) in [7, 11) is 0. The highest BCUT2D eigenvalue weighted by Crippen LogP contribution is 2.35. The van der Waals surface area contributed by atoms with E-state index >= 15 is 0 Å². The van der Waals surface area contributed by atoms with Crippen LogP contribution >= 0.6 is 0 Å². The maximum Gasteiger partial charge on any atom is 0.225 e. The van der Waals surface area contributed by atoms with Crippen molar-refractivity contribution in [1.82, 2.24) is 5.32 Å². The lowest BCUT2D eigenvalue weighted by Crippen LogP contribution is -2.46. The number of amides is 1. The second kappa shape index (κ2) is 6.71. The van der Waals surface area contributed by atoms with Gasteiger partial charge in [-0.05, 0) is 37.6 Å². The van der Waals surface area contributed by atoms with Crippen molar-refractivity contribution in [2.24, 2.45) is 17.1 Å². The van der Waals surface area contributed by atoms with Gasteiger partial charge in [-0.15, -0.1) is 0 Å². The molecule has 2 rings (SSSR count). The molecule has 0 aromatic heterocycles. The Bertz CT molecular complexity index is 301. The van der Waals surface area contributed by atoms with Gasteiger partial charge in [0.1, 0.15) is 0 Å². The van der Waals surface area contributed by atoms with Gasteiger partial charge in [-0.1, -0.05) is 26.2 Å². The molecule has 0 spiro atoms. The summed E-state index contributed by atoms with van der Waals surface area (Å²) in [6.45, 7) is 4.23. The van der Waals surface area contributed by atoms with Gasteiger partial charge >= 0.3 is 0 Å². The van der Waals surface area contributed by atoms with Crippen molar-refractivity contribution < 1.29 is 9.53 Å². The number of carbonyl (C=O) groups is 1. The molecule has 1 aliphatic heterocycles. The minimum Gasteiger partial charge on any atom is -0.377 e. The lowest BCUT2D eigenvalue weighted by molar-refractivity contribution is -0.127. The molecule has 3 N–H and O–H groups in total. The number of ether oxygens (including phenoxy) is 1. The Morgan fingerprint density at radius 1 is 1.37 bits per heavy atom. The van der Waals surface area contributed by atoms with E-state index in [4.69, 9.17) is 10.5 Å². The van der Waals surface area contributed by atoms with Crippen LogP contribution in [0.25, 0.3) is 0 Å². The maximum atomic E-state index is 12.3. The molecule has 2 unspecified atom stereocenters. The van der Waals surface area contributed by atoms with Gasteiger partial charge in [0, 0.05) is 13.2 Å².